The zero-order chi connectivity index (χ0) is 21.8. The summed E-state index contributed by atoms with van der Waals surface area (Å²) in [7, 11) is -3.66. The Balaban J connectivity index is 1.37. The van der Waals surface area contributed by atoms with E-state index in [1.165, 1.54) is 12.1 Å². The van der Waals surface area contributed by atoms with Crippen LogP contribution in [0.4, 0.5) is 11.4 Å². The van der Waals surface area contributed by atoms with E-state index in [0.29, 0.717) is 29.4 Å². The first kappa shape index (κ1) is 21.2. The highest BCUT2D eigenvalue weighted by Crippen LogP contribution is 2.21. The van der Waals surface area contributed by atoms with Crippen molar-refractivity contribution >= 4 is 38.9 Å². The number of anilines is 2. The van der Waals surface area contributed by atoms with Gasteiger partial charge >= 0.3 is 0 Å². The summed E-state index contributed by atoms with van der Waals surface area (Å²) in [5, 5.41) is 0.701. The van der Waals surface area contributed by atoms with Crippen LogP contribution in [0, 0.1) is 0 Å². The summed E-state index contributed by atoms with van der Waals surface area (Å²) >= 11 is 5.95. The number of amides is 1. The van der Waals surface area contributed by atoms with Gasteiger partial charge in [-0.25, -0.2) is 8.42 Å². The van der Waals surface area contributed by atoms with Crippen LogP contribution in [0.1, 0.15) is 10.4 Å². The predicted octanol–water partition coefficient (Wildman–Crippen LogP) is 4.10. The summed E-state index contributed by atoms with van der Waals surface area (Å²) < 4.78 is 27.4. The number of piperazine rings is 1. The van der Waals surface area contributed by atoms with Gasteiger partial charge in [0.25, 0.3) is 15.9 Å². The van der Waals surface area contributed by atoms with E-state index in [1.807, 2.05) is 29.2 Å². The van der Waals surface area contributed by atoms with Crippen LogP contribution in [0.2, 0.25) is 5.02 Å². The highest BCUT2D eigenvalue weighted by molar-refractivity contribution is 7.92. The van der Waals surface area contributed by atoms with Gasteiger partial charge in [-0.3, -0.25) is 9.52 Å². The summed E-state index contributed by atoms with van der Waals surface area (Å²) in [6, 6.07) is 22.4. The van der Waals surface area contributed by atoms with Gasteiger partial charge in [-0.1, -0.05) is 29.8 Å². The Morgan fingerprint density at radius 2 is 1.42 bits per heavy atom. The van der Waals surface area contributed by atoms with Gasteiger partial charge in [0.1, 0.15) is 0 Å². The van der Waals surface area contributed by atoms with Crippen LogP contribution in [0.25, 0.3) is 0 Å². The van der Waals surface area contributed by atoms with E-state index in [2.05, 4.69) is 9.62 Å². The normalized spacial score (nSPS) is 14.4. The summed E-state index contributed by atoms with van der Waals surface area (Å²) in [5.41, 5.74) is 2.03. The maximum Gasteiger partial charge on any atom is 0.261 e. The van der Waals surface area contributed by atoms with Gasteiger partial charge in [0, 0.05) is 48.1 Å². The number of carbonyl (C=O) groups is 1. The standard InChI is InChI=1S/C23H22ClN3O3S/c24-19-8-12-21(13-9-19)26-14-16-27(17-15-26)23(28)18-6-10-20(11-7-18)25-31(29,30)22-4-2-1-3-5-22/h1-13,25H,14-17H2. The fourth-order valence-corrected chi connectivity index (χ4v) is 4.70. The molecule has 1 fully saturated rings. The number of hydrogen-bond donors (Lipinski definition) is 1. The summed E-state index contributed by atoms with van der Waals surface area (Å²) in [6.45, 7) is 2.71. The lowest BCUT2D eigenvalue weighted by molar-refractivity contribution is 0.0747. The Kier molecular flexibility index (Phi) is 6.15. The van der Waals surface area contributed by atoms with E-state index in [4.69, 9.17) is 11.6 Å². The number of rotatable bonds is 5. The average Bonchev–Trinajstić information content (AvgIpc) is 2.80. The van der Waals surface area contributed by atoms with Gasteiger partial charge in [-0.2, -0.15) is 0 Å². The molecule has 0 unspecified atom stereocenters. The molecule has 1 amide bonds. The molecule has 1 N–H and O–H groups in total. The first-order chi connectivity index (χ1) is 14.9. The summed E-state index contributed by atoms with van der Waals surface area (Å²) in [4.78, 5) is 17.1. The van der Waals surface area contributed by atoms with Crippen molar-refractivity contribution in [2.24, 2.45) is 0 Å². The molecule has 1 aliphatic heterocycles. The molecule has 0 saturated carbocycles. The van der Waals surface area contributed by atoms with Crippen LogP contribution in [0.15, 0.2) is 83.8 Å². The molecule has 3 aromatic rings. The van der Waals surface area contributed by atoms with Crippen molar-refractivity contribution in [3.8, 4) is 0 Å². The largest absolute Gasteiger partial charge is 0.368 e. The van der Waals surface area contributed by atoms with Crippen molar-refractivity contribution in [3.63, 3.8) is 0 Å². The highest BCUT2D eigenvalue weighted by Gasteiger charge is 2.22. The molecular formula is C23H22ClN3O3S. The van der Waals surface area contributed by atoms with Crippen molar-refractivity contribution in [1.82, 2.24) is 4.90 Å². The van der Waals surface area contributed by atoms with Crippen LogP contribution in [-0.4, -0.2) is 45.4 Å². The third kappa shape index (κ3) is 5.00. The van der Waals surface area contributed by atoms with E-state index in [9.17, 15) is 13.2 Å². The molecule has 1 heterocycles. The summed E-state index contributed by atoms with van der Waals surface area (Å²) in [5.74, 6) is -0.0618. The van der Waals surface area contributed by atoms with Gasteiger partial charge in [-0.15, -0.1) is 0 Å². The zero-order valence-corrected chi connectivity index (χ0v) is 18.3. The molecule has 8 heteroatoms. The molecular weight excluding hydrogens is 434 g/mol. The zero-order valence-electron chi connectivity index (χ0n) is 16.7. The van der Waals surface area contributed by atoms with Crippen molar-refractivity contribution < 1.29 is 13.2 Å². The van der Waals surface area contributed by atoms with E-state index >= 15 is 0 Å². The van der Waals surface area contributed by atoms with E-state index in [0.717, 1.165) is 18.8 Å². The average molecular weight is 456 g/mol. The van der Waals surface area contributed by atoms with Crippen molar-refractivity contribution in [2.45, 2.75) is 4.90 Å². The Morgan fingerprint density at radius 1 is 0.806 bits per heavy atom. The predicted molar refractivity (Wildman–Crippen MR) is 123 cm³/mol. The maximum absolute atomic E-state index is 12.9. The van der Waals surface area contributed by atoms with Crippen LogP contribution in [-0.2, 0) is 10.0 Å². The lowest BCUT2D eigenvalue weighted by Crippen LogP contribution is -2.48. The first-order valence-corrected chi connectivity index (χ1v) is 11.8. The third-order valence-electron chi connectivity index (χ3n) is 5.20. The lowest BCUT2D eigenvalue weighted by Gasteiger charge is -2.36. The highest BCUT2D eigenvalue weighted by atomic mass is 35.5. The Labute approximate surface area is 187 Å². The second-order valence-electron chi connectivity index (χ2n) is 7.25. The minimum Gasteiger partial charge on any atom is -0.368 e. The van der Waals surface area contributed by atoms with Gasteiger partial charge < -0.3 is 9.80 Å². The maximum atomic E-state index is 12.9. The molecule has 0 aromatic heterocycles. The molecule has 0 radical (unpaired) electrons. The monoisotopic (exact) mass is 455 g/mol. The van der Waals surface area contributed by atoms with Crippen molar-refractivity contribution in [3.05, 3.63) is 89.4 Å². The lowest BCUT2D eigenvalue weighted by atomic mass is 10.1. The van der Waals surface area contributed by atoms with Crippen LogP contribution >= 0.6 is 11.6 Å². The number of nitrogens with one attached hydrogen (secondary N) is 1. The number of sulfonamides is 1. The molecule has 0 aliphatic carbocycles. The van der Waals surface area contributed by atoms with E-state index in [-0.39, 0.29) is 10.8 Å². The van der Waals surface area contributed by atoms with Crippen molar-refractivity contribution in [2.75, 3.05) is 35.8 Å². The van der Waals surface area contributed by atoms with Crippen LogP contribution in [0.5, 0.6) is 0 Å². The smallest absolute Gasteiger partial charge is 0.261 e. The van der Waals surface area contributed by atoms with E-state index in [1.54, 1.807) is 42.5 Å². The number of hydrogen-bond acceptors (Lipinski definition) is 4. The fraction of sp³-hybridized carbons (Fsp3) is 0.174. The Morgan fingerprint density at radius 3 is 2.03 bits per heavy atom. The quantitative estimate of drug-likeness (QED) is 0.628. The second kappa shape index (κ2) is 8.99. The molecule has 0 atom stereocenters. The molecule has 31 heavy (non-hydrogen) atoms. The molecule has 6 nitrogen and oxygen atoms in total. The van der Waals surface area contributed by atoms with Crippen LogP contribution in [0.3, 0.4) is 0 Å². The minimum atomic E-state index is -3.66. The second-order valence-corrected chi connectivity index (χ2v) is 9.37. The third-order valence-corrected chi connectivity index (χ3v) is 6.85. The fourth-order valence-electron chi connectivity index (χ4n) is 3.50. The molecule has 4 rings (SSSR count). The van der Waals surface area contributed by atoms with E-state index < -0.39 is 10.0 Å². The molecule has 0 bridgehead atoms. The SMILES string of the molecule is O=C(c1ccc(NS(=O)(=O)c2ccccc2)cc1)N1CCN(c2ccc(Cl)cc2)CC1. The van der Waals surface area contributed by atoms with Gasteiger partial charge in [0.05, 0.1) is 4.90 Å². The number of nitrogens with zero attached hydrogens (tertiary/aromatic N) is 2. The van der Waals surface area contributed by atoms with Gasteiger partial charge in [0.2, 0.25) is 0 Å². The molecule has 0 spiro atoms. The molecule has 1 aliphatic rings. The Hall–Kier alpha value is -3.03. The number of carbonyl (C=O) groups excluding carboxylic acids is 1. The molecule has 1 saturated heterocycles. The van der Waals surface area contributed by atoms with Crippen molar-refractivity contribution in [1.29, 1.82) is 0 Å². The first-order valence-electron chi connectivity index (χ1n) is 9.90. The molecule has 160 valence electrons. The minimum absolute atomic E-state index is 0.0618. The van der Waals surface area contributed by atoms with Gasteiger partial charge in [0.15, 0.2) is 0 Å². The number of halogens is 1. The number of benzene rings is 3. The van der Waals surface area contributed by atoms with Gasteiger partial charge in [-0.05, 0) is 60.7 Å². The summed E-state index contributed by atoms with van der Waals surface area (Å²) in [6.07, 6.45) is 0. The Bertz CT molecular complexity index is 1140. The molecule has 3 aromatic carbocycles. The van der Waals surface area contributed by atoms with Crippen LogP contribution < -0.4 is 9.62 Å². The topological polar surface area (TPSA) is 69.7 Å².